The van der Waals surface area contributed by atoms with E-state index < -0.39 is 11.6 Å². The zero-order valence-corrected chi connectivity index (χ0v) is 10.0. The molecule has 3 rings (SSSR count). The third-order valence-electron chi connectivity index (χ3n) is 4.25. The molecule has 1 saturated heterocycles. The Labute approximate surface area is 100 Å². The van der Waals surface area contributed by atoms with Gasteiger partial charge in [0.15, 0.2) is 11.6 Å². The van der Waals surface area contributed by atoms with Crippen molar-refractivity contribution in [2.24, 2.45) is 5.92 Å². The molecule has 2 atom stereocenters. The fourth-order valence-electron chi connectivity index (χ4n) is 3.33. The number of hydrogen-bond donors (Lipinski definition) is 0. The van der Waals surface area contributed by atoms with Gasteiger partial charge in [-0.3, -0.25) is 0 Å². The Hall–Kier alpha value is -0.960. The summed E-state index contributed by atoms with van der Waals surface area (Å²) in [5.74, 6) is -0.805. The van der Waals surface area contributed by atoms with Crippen LogP contribution in [0.15, 0.2) is 18.2 Å². The molecule has 0 radical (unpaired) electrons. The van der Waals surface area contributed by atoms with E-state index in [0.29, 0.717) is 5.92 Å². The van der Waals surface area contributed by atoms with Crippen LogP contribution in [0.3, 0.4) is 0 Å². The van der Waals surface area contributed by atoms with E-state index in [2.05, 4.69) is 11.8 Å². The standard InChI is InChI=1S/C14H17F2N/c1-2-5-17-8-11-7-14(11,9-17)10-3-4-12(15)13(16)6-10/h3-4,6,11H,2,5,7-9H2,1H3. The van der Waals surface area contributed by atoms with Gasteiger partial charge in [-0.2, -0.15) is 0 Å². The Balaban J connectivity index is 1.83. The van der Waals surface area contributed by atoms with Crippen LogP contribution >= 0.6 is 0 Å². The van der Waals surface area contributed by atoms with Gasteiger partial charge in [0.25, 0.3) is 0 Å². The van der Waals surface area contributed by atoms with Crippen LogP contribution in [0.1, 0.15) is 25.3 Å². The molecule has 2 fully saturated rings. The second-order valence-electron chi connectivity index (χ2n) is 5.42. The lowest BCUT2D eigenvalue weighted by Gasteiger charge is -2.20. The normalized spacial score (nSPS) is 31.6. The van der Waals surface area contributed by atoms with Crippen LogP contribution in [0.4, 0.5) is 8.78 Å². The lowest BCUT2D eigenvalue weighted by molar-refractivity contribution is 0.298. The highest BCUT2D eigenvalue weighted by molar-refractivity contribution is 5.37. The maximum Gasteiger partial charge on any atom is 0.159 e. The molecule has 1 aliphatic heterocycles. The van der Waals surface area contributed by atoms with Crippen molar-refractivity contribution in [1.29, 1.82) is 0 Å². The summed E-state index contributed by atoms with van der Waals surface area (Å²) in [7, 11) is 0. The highest BCUT2D eigenvalue weighted by Crippen LogP contribution is 2.59. The van der Waals surface area contributed by atoms with Crippen molar-refractivity contribution in [3.05, 3.63) is 35.4 Å². The predicted molar refractivity (Wildman–Crippen MR) is 62.9 cm³/mol. The average Bonchev–Trinajstić information content (AvgIpc) is 2.87. The van der Waals surface area contributed by atoms with Crippen molar-refractivity contribution in [1.82, 2.24) is 4.90 Å². The largest absolute Gasteiger partial charge is 0.302 e. The molecular weight excluding hydrogens is 220 g/mol. The van der Waals surface area contributed by atoms with Gasteiger partial charge in [0.1, 0.15) is 0 Å². The molecule has 17 heavy (non-hydrogen) atoms. The first kappa shape index (κ1) is 11.1. The van der Waals surface area contributed by atoms with E-state index in [4.69, 9.17) is 0 Å². The van der Waals surface area contributed by atoms with Gasteiger partial charge in [0.2, 0.25) is 0 Å². The zero-order chi connectivity index (χ0) is 12.0. The zero-order valence-electron chi connectivity index (χ0n) is 10.0. The maximum absolute atomic E-state index is 13.3. The Kier molecular flexibility index (Phi) is 2.47. The first-order valence-corrected chi connectivity index (χ1v) is 6.33. The molecule has 0 aromatic heterocycles. The molecule has 1 heterocycles. The summed E-state index contributed by atoms with van der Waals surface area (Å²) < 4.78 is 26.2. The van der Waals surface area contributed by atoms with Crippen LogP contribution in [-0.2, 0) is 5.41 Å². The summed E-state index contributed by atoms with van der Waals surface area (Å²) in [6.45, 7) is 5.42. The van der Waals surface area contributed by atoms with E-state index in [-0.39, 0.29) is 5.41 Å². The van der Waals surface area contributed by atoms with Crippen molar-refractivity contribution < 1.29 is 8.78 Å². The van der Waals surface area contributed by atoms with E-state index in [9.17, 15) is 8.78 Å². The topological polar surface area (TPSA) is 3.24 Å². The fourth-order valence-corrected chi connectivity index (χ4v) is 3.33. The molecule has 0 spiro atoms. The van der Waals surface area contributed by atoms with Gasteiger partial charge in [-0.15, -0.1) is 0 Å². The molecule has 0 N–H and O–H groups in total. The highest BCUT2D eigenvalue weighted by atomic mass is 19.2. The minimum absolute atomic E-state index is 0.129. The van der Waals surface area contributed by atoms with Crippen molar-refractivity contribution in [3.63, 3.8) is 0 Å². The lowest BCUT2D eigenvalue weighted by Crippen LogP contribution is -2.27. The lowest BCUT2D eigenvalue weighted by atomic mass is 9.95. The molecule has 1 saturated carbocycles. The molecular formula is C14H17F2N. The molecule has 2 aliphatic rings. The predicted octanol–water partition coefficient (Wildman–Crippen LogP) is 2.95. The molecule has 1 aromatic carbocycles. The number of halogens is 2. The molecule has 1 aliphatic carbocycles. The SMILES string of the molecule is CCCN1CC2CC2(c2ccc(F)c(F)c2)C1. The summed E-state index contributed by atoms with van der Waals surface area (Å²) in [6, 6.07) is 4.41. The molecule has 0 amide bonds. The van der Waals surface area contributed by atoms with Gasteiger partial charge >= 0.3 is 0 Å². The van der Waals surface area contributed by atoms with Crippen LogP contribution in [0.25, 0.3) is 0 Å². The summed E-state index contributed by atoms with van der Waals surface area (Å²) in [5, 5.41) is 0. The minimum Gasteiger partial charge on any atom is -0.302 e. The van der Waals surface area contributed by atoms with Gasteiger partial charge in [-0.25, -0.2) is 8.78 Å². The van der Waals surface area contributed by atoms with Gasteiger partial charge in [-0.05, 0) is 43.0 Å². The molecule has 0 bridgehead atoms. The number of nitrogens with zero attached hydrogens (tertiary/aromatic N) is 1. The summed E-state index contributed by atoms with van der Waals surface area (Å²) in [4.78, 5) is 2.44. The van der Waals surface area contributed by atoms with Gasteiger partial charge < -0.3 is 4.90 Å². The summed E-state index contributed by atoms with van der Waals surface area (Å²) in [6.07, 6.45) is 2.29. The van der Waals surface area contributed by atoms with E-state index in [1.807, 2.05) is 0 Å². The quantitative estimate of drug-likeness (QED) is 0.781. The Morgan fingerprint density at radius 2 is 2.18 bits per heavy atom. The molecule has 1 aromatic rings. The van der Waals surface area contributed by atoms with E-state index in [1.165, 1.54) is 12.1 Å². The van der Waals surface area contributed by atoms with Crippen LogP contribution in [0, 0.1) is 17.6 Å². The van der Waals surface area contributed by atoms with Crippen molar-refractivity contribution in [3.8, 4) is 0 Å². The Bertz CT molecular complexity index is 446. The van der Waals surface area contributed by atoms with Crippen molar-refractivity contribution in [2.75, 3.05) is 19.6 Å². The summed E-state index contributed by atoms with van der Waals surface area (Å²) in [5.41, 5.74) is 1.11. The number of fused-ring (bicyclic) bond motifs is 1. The smallest absolute Gasteiger partial charge is 0.159 e. The first-order chi connectivity index (χ1) is 8.15. The van der Waals surface area contributed by atoms with E-state index in [1.54, 1.807) is 6.07 Å². The average molecular weight is 237 g/mol. The van der Waals surface area contributed by atoms with Gasteiger partial charge in [-0.1, -0.05) is 13.0 Å². The minimum atomic E-state index is -0.745. The van der Waals surface area contributed by atoms with Crippen LogP contribution < -0.4 is 0 Å². The molecule has 3 heteroatoms. The van der Waals surface area contributed by atoms with Crippen LogP contribution in [0.2, 0.25) is 0 Å². The number of rotatable bonds is 3. The highest BCUT2D eigenvalue weighted by Gasteiger charge is 2.60. The third kappa shape index (κ3) is 1.68. The summed E-state index contributed by atoms with van der Waals surface area (Å²) >= 11 is 0. The van der Waals surface area contributed by atoms with Crippen LogP contribution in [-0.4, -0.2) is 24.5 Å². The van der Waals surface area contributed by atoms with Crippen LogP contribution in [0.5, 0.6) is 0 Å². The third-order valence-corrected chi connectivity index (χ3v) is 4.25. The molecule has 2 unspecified atom stereocenters. The number of hydrogen-bond acceptors (Lipinski definition) is 1. The van der Waals surface area contributed by atoms with Crippen molar-refractivity contribution in [2.45, 2.75) is 25.2 Å². The van der Waals surface area contributed by atoms with Gasteiger partial charge in [0, 0.05) is 18.5 Å². The van der Waals surface area contributed by atoms with E-state index in [0.717, 1.165) is 38.0 Å². The van der Waals surface area contributed by atoms with E-state index >= 15 is 0 Å². The molecule has 92 valence electrons. The monoisotopic (exact) mass is 237 g/mol. The number of piperidine rings is 1. The first-order valence-electron chi connectivity index (χ1n) is 6.33. The fraction of sp³-hybridized carbons (Fsp3) is 0.571. The second kappa shape index (κ2) is 3.77. The Morgan fingerprint density at radius 3 is 2.88 bits per heavy atom. The van der Waals surface area contributed by atoms with Gasteiger partial charge in [0.05, 0.1) is 0 Å². The number of benzene rings is 1. The maximum atomic E-state index is 13.3. The molecule has 1 nitrogen and oxygen atoms in total. The Morgan fingerprint density at radius 1 is 1.35 bits per heavy atom. The van der Waals surface area contributed by atoms with Crippen molar-refractivity contribution >= 4 is 0 Å². The second-order valence-corrected chi connectivity index (χ2v) is 5.42. The number of likely N-dealkylation sites (tertiary alicyclic amines) is 1.